The largest absolute Gasteiger partial charge is 0.454 e. The SMILES string of the molecule is NC(CCCc1ccc2c(c1)OCO2)S(=O)(=O)O. The maximum absolute atomic E-state index is 10.7. The molecular formula is C11H15NO5S. The average Bonchev–Trinajstić information content (AvgIpc) is 2.74. The van der Waals surface area contributed by atoms with Crippen molar-refractivity contribution in [2.75, 3.05) is 6.79 Å². The van der Waals surface area contributed by atoms with Crippen LogP contribution in [0.5, 0.6) is 11.5 Å². The van der Waals surface area contributed by atoms with Gasteiger partial charge in [-0.3, -0.25) is 4.55 Å². The van der Waals surface area contributed by atoms with E-state index in [1.165, 1.54) is 0 Å². The molecule has 1 aliphatic heterocycles. The fourth-order valence-electron chi connectivity index (χ4n) is 1.75. The quantitative estimate of drug-likeness (QED) is 0.774. The minimum Gasteiger partial charge on any atom is -0.454 e. The Morgan fingerprint density at radius 3 is 2.78 bits per heavy atom. The van der Waals surface area contributed by atoms with Crippen LogP contribution in [0.15, 0.2) is 18.2 Å². The Morgan fingerprint density at radius 2 is 2.06 bits per heavy atom. The molecule has 1 aliphatic rings. The summed E-state index contributed by atoms with van der Waals surface area (Å²) in [5, 5.41) is -1.22. The van der Waals surface area contributed by atoms with Crippen LogP contribution in [0.3, 0.4) is 0 Å². The van der Waals surface area contributed by atoms with Gasteiger partial charge in [-0.1, -0.05) is 6.07 Å². The summed E-state index contributed by atoms with van der Waals surface area (Å²) in [6, 6.07) is 5.58. The fourth-order valence-corrected chi connectivity index (χ4v) is 2.22. The van der Waals surface area contributed by atoms with Crippen molar-refractivity contribution in [3.63, 3.8) is 0 Å². The van der Waals surface area contributed by atoms with E-state index >= 15 is 0 Å². The van der Waals surface area contributed by atoms with E-state index in [4.69, 9.17) is 19.8 Å². The van der Waals surface area contributed by atoms with Crippen LogP contribution in [-0.2, 0) is 16.5 Å². The van der Waals surface area contributed by atoms with E-state index in [9.17, 15) is 8.42 Å². The summed E-state index contributed by atoms with van der Waals surface area (Å²) in [6.07, 6.45) is 1.45. The second-order valence-corrected chi connectivity index (χ2v) is 5.77. The standard InChI is InChI=1S/C11H15NO5S/c12-11(18(13,14)15)3-1-2-8-4-5-9-10(6-8)17-7-16-9/h4-6,11H,1-3,7,12H2,(H,13,14,15). The number of nitrogens with two attached hydrogens (primary N) is 1. The second-order valence-electron chi connectivity index (χ2n) is 4.13. The van der Waals surface area contributed by atoms with Crippen LogP contribution >= 0.6 is 0 Å². The first-order chi connectivity index (χ1) is 8.47. The van der Waals surface area contributed by atoms with Crippen LogP contribution in [-0.4, -0.2) is 25.1 Å². The Labute approximate surface area is 105 Å². The third kappa shape index (κ3) is 3.12. The third-order valence-corrected chi connectivity index (χ3v) is 3.77. The van der Waals surface area contributed by atoms with Crippen molar-refractivity contribution in [1.29, 1.82) is 0 Å². The molecule has 2 rings (SSSR count). The molecule has 0 saturated heterocycles. The lowest BCUT2D eigenvalue weighted by Gasteiger charge is -2.08. The highest BCUT2D eigenvalue weighted by molar-refractivity contribution is 7.86. The zero-order chi connectivity index (χ0) is 13.2. The van der Waals surface area contributed by atoms with Crippen molar-refractivity contribution in [2.45, 2.75) is 24.6 Å². The Hall–Kier alpha value is -1.31. The minimum absolute atomic E-state index is 0.216. The van der Waals surface area contributed by atoms with E-state index in [0.29, 0.717) is 24.3 Å². The van der Waals surface area contributed by atoms with Gasteiger partial charge in [-0.05, 0) is 37.0 Å². The first kappa shape index (κ1) is 13.1. The fraction of sp³-hybridized carbons (Fsp3) is 0.455. The van der Waals surface area contributed by atoms with Crippen molar-refractivity contribution in [3.8, 4) is 11.5 Å². The lowest BCUT2D eigenvalue weighted by atomic mass is 10.1. The predicted octanol–water partition coefficient (Wildman–Crippen LogP) is 0.911. The summed E-state index contributed by atoms with van der Waals surface area (Å²) in [7, 11) is -4.13. The van der Waals surface area contributed by atoms with Gasteiger partial charge in [0.05, 0.1) is 0 Å². The number of hydrogen-bond donors (Lipinski definition) is 2. The molecule has 7 heteroatoms. The molecule has 1 atom stereocenters. The van der Waals surface area contributed by atoms with Crippen molar-refractivity contribution in [1.82, 2.24) is 0 Å². The van der Waals surface area contributed by atoms with Gasteiger partial charge in [0.2, 0.25) is 6.79 Å². The van der Waals surface area contributed by atoms with Gasteiger partial charge in [-0.2, -0.15) is 8.42 Å². The van der Waals surface area contributed by atoms with E-state index in [-0.39, 0.29) is 13.2 Å². The summed E-state index contributed by atoms with van der Waals surface area (Å²) in [4.78, 5) is 0. The number of ether oxygens (including phenoxy) is 2. The summed E-state index contributed by atoms with van der Waals surface area (Å²) < 4.78 is 40.6. The normalized spacial score (nSPS) is 15.7. The third-order valence-electron chi connectivity index (χ3n) is 2.77. The second kappa shape index (κ2) is 5.13. The Kier molecular flexibility index (Phi) is 3.74. The van der Waals surface area contributed by atoms with Crippen molar-refractivity contribution in [2.24, 2.45) is 5.73 Å². The average molecular weight is 273 g/mol. The predicted molar refractivity (Wildman–Crippen MR) is 65.0 cm³/mol. The number of hydrogen-bond acceptors (Lipinski definition) is 5. The van der Waals surface area contributed by atoms with Gasteiger partial charge in [-0.15, -0.1) is 0 Å². The molecule has 1 aromatic carbocycles. The molecule has 18 heavy (non-hydrogen) atoms. The van der Waals surface area contributed by atoms with Gasteiger partial charge in [0, 0.05) is 0 Å². The van der Waals surface area contributed by atoms with Gasteiger partial charge in [-0.25, -0.2) is 0 Å². The topological polar surface area (TPSA) is 98.9 Å². The van der Waals surface area contributed by atoms with Gasteiger partial charge < -0.3 is 15.2 Å². The number of rotatable bonds is 5. The van der Waals surface area contributed by atoms with Gasteiger partial charge >= 0.3 is 0 Å². The molecular weight excluding hydrogens is 258 g/mol. The highest BCUT2D eigenvalue weighted by Gasteiger charge is 2.17. The van der Waals surface area contributed by atoms with Crippen LogP contribution in [0.2, 0.25) is 0 Å². The summed E-state index contributed by atoms with van der Waals surface area (Å²) in [5.74, 6) is 1.42. The molecule has 6 nitrogen and oxygen atoms in total. The van der Waals surface area contributed by atoms with Crippen molar-refractivity contribution < 1.29 is 22.4 Å². The molecule has 0 aliphatic carbocycles. The molecule has 1 aromatic rings. The maximum Gasteiger partial charge on any atom is 0.280 e. The number of fused-ring (bicyclic) bond motifs is 1. The molecule has 0 bridgehead atoms. The summed E-state index contributed by atoms with van der Waals surface area (Å²) >= 11 is 0. The van der Waals surface area contributed by atoms with E-state index < -0.39 is 15.5 Å². The number of benzene rings is 1. The van der Waals surface area contributed by atoms with Gasteiger partial charge in [0.25, 0.3) is 10.1 Å². The van der Waals surface area contributed by atoms with Gasteiger partial charge in [0.1, 0.15) is 5.37 Å². The van der Waals surface area contributed by atoms with E-state index in [2.05, 4.69) is 0 Å². The molecule has 0 fully saturated rings. The van der Waals surface area contributed by atoms with Crippen molar-refractivity contribution in [3.05, 3.63) is 23.8 Å². The summed E-state index contributed by atoms with van der Waals surface area (Å²) in [6.45, 7) is 0.229. The number of aryl methyl sites for hydroxylation is 1. The van der Waals surface area contributed by atoms with E-state index in [0.717, 1.165) is 5.56 Å². The zero-order valence-electron chi connectivity index (χ0n) is 9.70. The molecule has 1 heterocycles. The maximum atomic E-state index is 10.7. The monoisotopic (exact) mass is 273 g/mol. The highest BCUT2D eigenvalue weighted by Crippen LogP contribution is 2.32. The molecule has 0 saturated carbocycles. The van der Waals surface area contributed by atoms with Crippen LogP contribution in [0.4, 0.5) is 0 Å². The van der Waals surface area contributed by atoms with Crippen LogP contribution in [0.1, 0.15) is 18.4 Å². The molecule has 0 spiro atoms. The molecule has 3 N–H and O–H groups in total. The Bertz CT molecular complexity index is 528. The molecule has 1 unspecified atom stereocenters. The Morgan fingerprint density at radius 1 is 1.33 bits per heavy atom. The molecule has 0 aromatic heterocycles. The van der Waals surface area contributed by atoms with Crippen molar-refractivity contribution >= 4 is 10.1 Å². The Balaban J connectivity index is 1.88. The molecule has 0 radical (unpaired) electrons. The first-order valence-electron chi connectivity index (χ1n) is 5.57. The van der Waals surface area contributed by atoms with Crippen LogP contribution in [0.25, 0.3) is 0 Å². The molecule has 100 valence electrons. The summed E-state index contributed by atoms with van der Waals surface area (Å²) in [5.41, 5.74) is 6.34. The van der Waals surface area contributed by atoms with Crippen LogP contribution in [0, 0.1) is 0 Å². The van der Waals surface area contributed by atoms with E-state index in [1.807, 2.05) is 18.2 Å². The highest BCUT2D eigenvalue weighted by atomic mass is 32.2. The lowest BCUT2D eigenvalue weighted by Crippen LogP contribution is -2.29. The molecule has 0 amide bonds. The van der Waals surface area contributed by atoms with Gasteiger partial charge in [0.15, 0.2) is 11.5 Å². The lowest BCUT2D eigenvalue weighted by molar-refractivity contribution is 0.174. The zero-order valence-corrected chi connectivity index (χ0v) is 10.5. The minimum atomic E-state index is -4.13. The van der Waals surface area contributed by atoms with Crippen LogP contribution < -0.4 is 15.2 Å². The van der Waals surface area contributed by atoms with E-state index in [1.54, 1.807) is 0 Å². The first-order valence-corrected chi connectivity index (χ1v) is 7.07. The smallest absolute Gasteiger partial charge is 0.280 e.